The summed E-state index contributed by atoms with van der Waals surface area (Å²) < 4.78 is 14.7. The van der Waals surface area contributed by atoms with E-state index in [4.69, 9.17) is 11.6 Å². The Hall–Kier alpha value is -3.03. The quantitative estimate of drug-likeness (QED) is 0.497. The predicted octanol–water partition coefficient (Wildman–Crippen LogP) is 4.90. The minimum atomic E-state index is -0.350. The molecule has 0 saturated heterocycles. The Labute approximate surface area is 162 Å². The normalized spacial score (nSPS) is 11.3. The Balaban J connectivity index is 1.53. The van der Waals surface area contributed by atoms with Gasteiger partial charge in [0.05, 0.1) is 5.69 Å². The summed E-state index contributed by atoms with van der Waals surface area (Å²) in [6, 6.07) is 13.3. The summed E-state index contributed by atoms with van der Waals surface area (Å²) in [5, 5.41) is 9.43. The molecule has 1 amide bonds. The summed E-state index contributed by atoms with van der Waals surface area (Å²) in [5.41, 5.74) is 2.40. The van der Waals surface area contributed by atoms with Crippen LogP contribution in [0.25, 0.3) is 22.3 Å². The average Bonchev–Trinajstić information content (AvgIpc) is 3.21. The molecule has 27 heavy (non-hydrogen) atoms. The third kappa shape index (κ3) is 3.89. The second-order valence-corrected chi connectivity index (χ2v) is 6.91. The topological polar surface area (TPSA) is 59.3 Å². The molecule has 0 fully saturated rings. The third-order valence-corrected chi connectivity index (χ3v) is 4.78. The Kier molecular flexibility index (Phi) is 4.70. The molecule has 8 heteroatoms. The van der Waals surface area contributed by atoms with Crippen molar-refractivity contribution in [1.29, 1.82) is 0 Å². The van der Waals surface area contributed by atoms with Crippen molar-refractivity contribution in [2.75, 3.05) is 5.32 Å². The molecule has 0 aliphatic rings. The van der Waals surface area contributed by atoms with Crippen LogP contribution in [0.2, 0.25) is 5.02 Å². The van der Waals surface area contributed by atoms with Crippen LogP contribution in [-0.2, 0) is 4.79 Å². The van der Waals surface area contributed by atoms with Gasteiger partial charge in [0, 0.05) is 22.0 Å². The Morgan fingerprint density at radius 3 is 2.81 bits per heavy atom. The number of hydrogen-bond acceptors (Lipinski definition) is 4. The number of nitrogens with zero attached hydrogens (tertiary/aromatic N) is 3. The van der Waals surface area contributed by atoms with Gasteiger partial charge in [0.2, 0.25) is 4.96 Å². The van der Waals surface area contributed by atoms with E-state index >= 15 is 0 Å². The van der Waals surface area contributed by atoms with Crippen molar-refractivity contribution in [2.24, 2.45) is 0 Å². The summed E-state index contributed by atoms with van der Waals surface area (Å²) in [6.45, 7) is 0. The average molecular weight is 399 g/mol. The molecule has 2 aromatic heterocycles. The van der Waals surface area contributed by atoms with Crippen LogP contribution in [0.1, 0.15) is 5.56 Å². The molecule has 0 unspecified atom stereocenters. The molecule has 2 aromatic carbocycles. The second-order valence-electron chi connectivity index (χ2n) is 5.64. The highest BCUT2D eigenvalue weighted by Gasteiger charge is 2.12. The molecule has 4 rings (SSSR count). The zero-order valence-corrected chi connectivity index (χ0v) is 15.3. The van der Waals surface area contributed by atoms with Crippen LogP contribution in [0.4, 0.5) is 10.3 Å². The van der Waals surface area contributed by atoms with Crippen LogP contribution in [0.15, 0.2) is 60.0 Å². The van der Waals surface area contributed by atoms with E-state index in [1.165, 1.54) is 29.5 Å². The smallest absolute Gasteiger partial charge is 0.250 e. The number of fused-ring (bicyclic) bond motifs is 1. The van der Waals surface area contributed by atoms with Crippen molar-refractivity contribution in [3.8, 4) is 11.3 Å². The van der Waals surface area contributed by atoms with Crippen molar-refractivity contribution in [3.05, 3.63) is 76.4 Å². The summed E-state index contributed by atoms with van der Waals surface area (Å²) in [5.74, 6) is -0.453. The van der Waals surface area contributed by atoms with E-state index < -0.39 is 0 Å². The number of anilines is 1. The maximum absolute atomic E-state index is 13.1. The molecule has 4 aromatic rings. The minimum Gasteiger partial charge on any atom is -0.290 e. The molecular formula is C19H12ClFN4OS. The summed E-state index contributed by atoms with van der Waals surface area (Å²) in [4.78, 5) is 17.0. The highest BCUT2D eigenvalue weighted by Crippen LogP contribution is 2.26. The van der Waals surface area contributed by atoms with E-state index in [0.29, 0.717) is 9.98 Å². The molecule has 0 aliphatic carbocycles. The van der Waals surface area contributed by atoms with Gasteiger partial charge in [-0.05, 0) is 48.0 Å². The van der Waals surface area contributed by atoms with Crippen LogP contribution in [0, 0.1) is 5.82 Å². The molecule has 5 nitrogen and oxygen atoms in total. The number of amides is 1. The van der Waals surface area contributed by atoms with Gasteiger partial charge in [0.15, 0.2) is 0 Å². The number of nitrogens with one attached hydrogen (secondary N) is 1. The lowest BCUT2D eigenvalue weighted by Crippen LogP contribution is -2.09. The maximum atomic E-state index is 13.1. The van der Waals surface area contributed by atoms with E-state index in [1.54, 1.807) is 34.9 Å². The number of carbonyl (C=O) groups is 1. The van der Waals surface area contributed by atoms with Gasteiger partial charge >= 0.3 is 0 Å². The van der Waals surface area contributed by atoms with Gasteiger partial charge in [-0.15, -0.1) is 16.4 Å². The van der Waals surface area contributed by atoms with Crippen molar-refractivity contribution in [1.82, 2.24) is 14.6 Å². The Bertz CT molecular complexity index is 1150. The van der Waals surface area contributed by atoms with Crippen molar-refractivity contribution in [3.63, 3.8) is 0 Å². The molecule has 1 N–H and O–H groups in total. The molecular weight excluding hydrogens is 387 g/mol. The standard InChI is InChI=1S/C19H12ClFN4OS/c20-14-3-1-2-12(10-14)4-9-17(26)22-18-23-19-25(24-18)16(11-27-19)13-5-7-15(21)8-6-13/h1-11H,(H,22,24,26)/b9-4+. The van der Waals surface area contributed by atoms with Crippen molar-refractivity contribution in [2.45, 2.75) is 0 Å². The lowest BCUT2D eigenvalue weighted by atomic mass is 10.2. The number of halogens is 2. The number of rotatable bonds is 4. The third-order valence-electron chi connectivity index (χ3n) is 3.73. The van der Waals surface area contributed by atoms with E-state index in [0.717, 1.165) is 16.8 Å². The van der Waals surface area contributed by atoms with Crippen LogP contribution in [0.5, 0.6) is 0 Å². The van der Waals surface area contributed by atoms with E-state index in [-0.39, 0.29) is 17.7 Å². The fraction of sp³-hybridized carbons (Fsp3) is 0. The van der Waals surface area contributed by atoms with Gasteiger partial charge in [-0.2, -0.15) is 4.98 Å². The zero-order chi connectivity index (χ0) is 18.8. The molecule has 0 bridgehead atoms. The van der Waals surface area contributed by atoms with Gasteiger partial charge in [-0.3, -0.25) is 10.1 Å². The number of benzene rings is 2. The van der Waals surface area contributed by atoms with Crippen LogP contribution >= 0.6 is 22.9 Å². The lowest BCUT2D eigenvalue weighted by molar-refractivity contribution is -0.111. The highest BCUT2D eigenvalue weighted by atomic mass is 35.5. The molecule has 2 heterocycles. The van der Waals surface area contributed by atoms with Crippen molar-refractivity contribution >= 4 is 45.8 Å². The summed E-state index contributed by atoms with van der Waals surface area (Å²) in [6.07, 6.45) is 3.05. The van der Waals surface area contributed by atoms with E-state index in [1.807, 2.05) is 17.5 Å². The van der Waals surface area contributed by atoms with Gasteiger partial charge in [0.25, 0.3) is 11.9 Å². The Morgan fingerprint density at radius 2 is 2.04 bits per heavy atom. The Morgan fingerprint density at radius 1 is 1.22 bits per heavy atom. The fourth-order valence-electron chi connectivity index (χ4n) is 2.49. The number of hydrogen-bond donors (Lipinski definition) is 1. The largest absolute Gasteiger partial charge is 0.290 e. The monoisotopic (exact) mass is 398 g/mol. The first kappa shape index (κ1) is 17.4. The SMILES string of the molecule is O=C(/C=C/c1cccc(Cl)c1)Nc1nc2scc(-c3ccc(F)cc3)n2n1. The lowest BCUT2D eigenvalue weighted by Gasteiger charge is -1.98. The van der Waals surface area contributed by atoms with Crippen LogP contribution in [-0.4, -0.2) is 20.5 Å². The zero-order valence-electron chi connectivity index (χ0n) is 13.8. The minimum absolute atomic E-state index is 0.200. The van der Waals surface area contributed by atoms with E-state index in [9.17, 15) is 9.18 Å². The van der Waals surface area contributed by atoms with Crippen molar-refractivity contribution < 1.29 is 9.18 Å². The number of carbonyl (C=O) groups excluding carboxylic acids is 1. The molecule has 0 atom stereocenters. The molecule has 0 saturated carbocycles. The maximum Gasteiger partial charge on any atom is 0.250 e. The van der Waals surface area contributed by atoms with Gasteiger partial charge in [0.1, 0.15) is 5.82 Å². The van der Waals surface area contributed by atoms with Gasteiger partial charge in [-0.25, -0.2) is 8.91 Å². The first-order chi connectivity index (χ1) is 13.1. The molecule has 0 aliphatic heterocycles. The number of thiazole rings is 1. The highest BCUT2D eigenvalue weighted by molar-refractivity contribution is 7.15. The van der Waals surface area contributed by atoms with Crippen LogP contribution < -0.4 is 5.32 Å². The number of aromatic nitrogens is 3. The van der Waals surface area contributed by atoms with Crippen LogP contribution in [0.3, 0.4) is 0 Å². The first-order valence-corrected chi connectivity index (χ1v) is 9.19. The second kappa shape index (κ2) is 7.30. The molecule has 0 radical (unpaired) electrons. The summed E-state index contributed by atoms with van der Waals surface area (Å²) >= 11 is 7.30. The first-order valence-electron chi connectivity index (χ1n) is 7.93. The summed E-state index contributed by atoms with van der Waals surface area (Å²) in [7, 11) is 0. The van der Waals surface area contributed by atoms with Gasteiger partial charge in [-0.1, -0.05) is 23.7 Å². The molecule has 0 spiro atoms. The molecule has 134 valence electrons. The predicted molar refractivity (Wildman–Crippen MR) is 105 cm³/mol. The fourth-order valence-corrected chi connectivity index (χ4v) is 3.52. The van der Waals surface area contributed by atoms with E-state index in [2.05, 4.69) is 15.4 Å². The van der Waals surface area contributed by atoms with Gasteiger partial charge < -0.3 is 0 Å².